The Kier molecular flexibility index (Phi) is 5.11. The van der Waals surface area contributed by atoms with E-state index in [2.05, 4.69) is 21.2 Å². The molecule has 0 radical (unpaired) electrons. The SMILES string of the molecule is Cc1ccc(C(=O)NCC(N)C(C)O)cc1Br. The van der Waals surface area contributed by atoms with Gasteiger partial charge in [0, 0.05) is 22.6 Å². The summed E-state index contributed by atoms with van der Waals surface area (Å²) < 4.78 is 0.893. The van der Waals surface area contributed by atoms with E-state index in [9.17, 15) is 9.90 Å². The van der Waals surface area contributed by atoms with E-state index >= 15 is 0 Å². The second-order valence-corrected chi connectivity index (χ2v) is 4.93. The van der Waals surface area contributed by atoms with E-state index in [4.69, 9.17) is 5.73 Å². The minimum atomic E-state index is -0.639. The van der Waals surface area contributed by atoms with Crippen molar-refractivity contribution in [2.75, 3.05) is 6.54 Å². The van der Waals surface area contributed by atoms with Gasteiger partial charge in [0.2, 0.25) is 0 Å². The maximum atomic E-state index is 11.8. The molecular weight excluding hydrogens is 284 g/mol. The summed E-state index contributed by atoms with van der Waals surface area (Å²) in [4.78, 5) is 11.8. The van der Waals surface area contributed by atoms with Crippen LogP contribution in [0.4, 0.5) is 0 Å². The highest BCUT2D eigenvalue weighted by Crippen LogP contribution is 2.17. The first kappa shape index (κ1) is 14.2. The molecule has 2 unspecified atom stereocenters. The van der Waals surface area contributed by atoms with Crippen LogP contribution in [0.3, 0.4) is 0 Å². The predicted octanol–water partition coefficient (Wildman–Crippen LogP) is 1.20. The second-order valence-electron chi connectivity index (χ2n) is 4.08. The molecule has 1 aromatic rings. The van der Waals surface area contributed by atoms with Gasteiger partial charge in [-0.05, 0) is 31.5 Å². The molecule has 1 aromatic carbocycles. The molecule has 0 aromatic heterocycles. The zero-order chi connectivity index (χ0) is 13.0. The highest BCUT2D eigenvalue weighted by molar-refractivity contribution is 9.10. The van der Waals surface area contributed by atoms with Crippen LogP contribution in [0.5, 0.6) is 0 Å². The number of halogens is 1. The van der Waals surface area contributed by atoms with E-state index in [1.807, 2.05) is 13.0 Å². The fourth-order valence-corrected chi connectivity index (χ4v) is 1.60. The van der Waals surface area contributed by atoms with Gasteiger partial charge in [-0.25, -0.2) is 0 Å². The lowest BCUT2D eigenvalue weighted by atomic mass is 10.1. The number of hydrogen-bond donors (Lipinski definition) is 3. The Morgan fingerprint density at radius 3 is 2.76 bits per heavy atom. The Morgan fingerprint density at radius 2 is 2.24 bits per heavy atom. The summed E-state index contributed by atoms with van der Waals surface area (Å²) in [6.45, 7) is 3.80. The van der Waals surface area contributed by atoms with Gasteiger partial charge in [-0.1, -0.05) is 22.0 Å². The molecule has 0 fully saturated rings. The first-order valence-corrected chi connectivity index (χ1v) is 6.19. The molecule has 4 nitrogen and oxygen atoms in total. The molecule has 17 heavy (non-hydrogen) atoms. The fourth-order valence-electron chi connectivity index (χ4n) is 1.22. The van der Waals surface area contributed by atoms with Crippen molar-refractivity contribution in [3.8, 4) is 0 Å². The average molecular weight is 301 g/mol. The lowest BCUT2D eigenvalue weighted by molar-refractivity contribution is 0.0937. The summed E-state index contributed by atoms with van der Waals surface area (Å²) >= 11 is 3.37. The maximum absolute atomic E-state index is 11.8. The number of benzene rings is 1. The van der Waals surface area contributed by atoms with Crippen LogP contribution >= 0.6 is 15.9 Å². The third-order valence-electron chi connectivity index (χ3n) is 2.55. The molecule has 94 valence electrons. The highest BCUT2D eigenvalue weighted by Gasteiger charge is 2.12. The molecule has 0 aliphatic carbocycles. The molecular formula is C12H17BrN2O2. The van der Waals surface area contributed by atoms with Gasteiger partial charge in [0.25, 0.3) is 5.91 Å². The van der Waals surface area contributed by atoms with E-state index in [0.29, 0.717) is 5.56 Å². The number of aliphatic hydroxyl groups excluding tert-OH is 1. The number of hydrogen-bond acceptors (Lipinski definition) is 3. The van der Waals surface area contributed by atoms with Crippen LogP contribution in [0.25, 0.3) is 0 Å². The summed E-state index contributed by atoms with van der Waals surface area (Å²) in [6.07, 6.45) is -0.639. The topological polar surface area (TPSA) is 75.4 Å². The number of aliphatic hydroxyl groups is 1. The van der Waals surface area contributed by atoms with Crippen molar-refractivity contribution in [2.24, 2.45) is 5.73 Å². The van der Waals surface area contributed by atoms with Gasteiger partial charge in [-0.15, -0.1) is 0 Å². The molecule has 1 rings (SSSR count). The minimum Gasteiger partial charge on any atom is -0.392 e. The lowest BCUT2D eigenvalue weighted by Gasteiger charge is -2.15. The summed E-state index contributed by atoms with van der Waals surface area (Å²) in [5.74, 6) is -0.193. The van der Waals surface area contributed by atoms with Crippen molar-refractivity contribution in [2.45, 2.75) is 26.0 Å². The normalized spacial score (nSPS) is 14.2. The van der Waals surface area contributed by atoms with E-state index in [1.54, 1.807) is 19.1 Å². The van der Waals surface area contributed by atoms with Gasteiger partial charge in [0.1, 0.15) is 0 Å². The van der Waals surface area contributed by atoms with E-state index in [1.165, 1.54) is 0 Å². The van der Waals surface area contributed by atoms with Crippen LogP contribution in [0.1, 0.15) is 22.8 Å². The molecule has 1 amide bonds. The van der Waals surface area contributed by atoms with Crippen molar-refractivity contribution in [3.05, 3.63) is 33.8 Å². The van der Waals surface area contributed by atoms with Gasteiger partial charge in [0.05, 0.1) is 6.10 Å². The van der Waals surface area contributed by atoms with Gasteiger partial charge >= 0.3 is 0 Å². The van der Waals surface area contributed by atoms with Gasteiger partial charge in [0.15, 0.2) is 0 Å². The number of aryl methyl sites for hydroxylation is 1. The first-order chi connectivity index (χ1) is 7.91. The third kappa shape index (κ3) is 4.11. The Morgan fingerprint density at radius 1 is 1.59 bits per heavy atom. The second kappa shape index (κ2) is 6.14. The largest absolute Gasteiger partial charge is 0.392 e. The Balaban J connectivity index is 2.61. The molecule has 0 aliphatic heterocycles. The predicted molar refractivity (Wildman–Crippen MR) is 70.9 cm³/mol. The number of nitrogens with one attached hydrogen (secondary N) is 1. The van der Waals surface area contributed by atoms with Crippen molar-refractivity contribution in [3.63, 3.8) is 0 Å². The molecule has 0 heterocycles. The molecule has 0 saturated carbocycles. The molecule has 0 spiro atoms. The Labute approximate surface area is 109 Å². The number of rotatable bonds is 4. The lowest BCUT2D eigenvalue weighted by Crippen LogP contribution is -2.43. The van der Waals surface area contributed by atoms with Crippen molar-refractivity contribution < 1.29 is 9.90 Å². The van der Waals surface area contributed by atoms with Crippen LogP contribution in [-0.2, 0) is 0 Å². The van der Waals surface area contributed by atoms with Crippen LogP contribution in [0.2, 0.25) is 0 Å². The van der Waals surface area contributed by atoms with E-state index in [0.717, 1.165) is 10.0 Å². The smallest absolute Gasteiger partial charge is 0.251 e. The number of nitrogens with two attached hydrogens (primary N) is 1. The quantitative estimate of drug-likeness (QED) is 0.782. The third-order valence-corrected chi connectivity index (χ3v) is 3.41. The standard InChI is InChI=1S/C12H17BrN2O2/c1-7-3-4-9(5-10(7)13)12(17)15-6-11(14)8(2)16/h3-5,8,11,16H,6,14H2,1-2H3,(H,15,17). The average Bonchev–Trinajstić information content (AvgIpc) is 2.28. The highest BCUT2D eigenvalue weighted by atomic mass is 79.9. The first-order valence-electron chi connectivity index (χ1n) is 5.40. The maximum Gasteiger partial charge on any atom is 0.251 e. The molecule has 4 N–H and O–H groups in total. The van der Waals surface area contributed by atoms with Crippen LogP contribution in [0.15, 0.2) is 22.7 Å². The van der Waals surface area contributed by atoms with Crippen molar-refractivity contribution >= 4 is 21.8 Å². The minimum absolute atomic E-state index is 0.193. The molecule has 0 saturated heterocycles. The van der Waals surface area contributed by atoms with Crippen molar-refractivity contribution in [1.82, 2.24) is 5.32 Å². The summed E-state index contributed by atoms with van der Waals surface area (Å²) in [7, 11) is 0. The number of amides is 1. The van der Waals surface area contributed by atoms with Crippen LogP contribution < -0.4 is 11.1 Å². The Hall–Kier alpha value is -0.910. The molecule has 0 aliphatic rings. The monoisotopic (exact) mass is 300 g/mol. The summed E-state index contributed by atoms with van der Waals surface area (Å²) in [5.41, 5.74) is 7.26. The van der Waals surface area contributed by atoms with Gasteiger partial charge in [-0.3, -0.25) is 4.79 Å². The zero-order valence-electron chi connectivity index (χ0n) is 9.90. The number of carbonyl (C=O) groups excluding carboxylic acids is 1. The summed E-state index contributed by atoms with van der Waals surface area (Å²) in [6, 6.07) is 4.93. The number of carbonyl (C=O) groups is 1. The molecule has 5 heteroatoms. The Bertz CT molecular complexity index is 407. The van der Waals surface area contributed by atoms with E-state index < -0.39 is 12.1 Å². The molecule has 0 bridgehead atoms. The zero-order valence-corrected chi connectivity index (χ0v) is 11.5. The molecule has 2 atom stereocenters. The van der Waals surface area contributed by atoms with Crippen molar-refractivity contribution in [1.29, 1.82) is 0 Å². The van der Waals surface area contributed by atoms with Gasteiger partial charge in [-0.2, -0.15) is 0 Å². The summed E-state index contributed by atoms with van der Waals surface area (Å²) in [5, 5.41) is 11.9. The van der Waals surface area contributed by atoms with E-state index in [-0.39, 0.29) is 12.5 Å². The fraction of sp³-hybridized carbons (Fsp3) is 0.417. The van der Waals surface area contributed by atoms with Crippen LogP contribution in [0, 0.1) is 6.92 Å². The van der Waals surface area contributed by atoms with Gasteiger partial charge < -0.3 is 16.2 Å². The van der Waals surface area contributed by atoms with Crippen LogP contribution in [-0.4, -0.2) is 29.7 Å².